The molecule has 6 amide bonds. The van der Waals surface area contributed by atoms with Crippen molar-refractivity contribution in [2.45, 2.75) is 115 Å². The number of ketones is 1. The first-order valence-corrected chi connectivity index (χ1v) is 21.2. The first kappa shape index (κ1) is 57.8. The van der Waals surface area contributed by atoms with Gasteiger partial charge in [0.1, 0.15) is 30.2 Å². The van der Waals surface area contributed by atoms with Crippen molar-refractivity contribution >= 4 is 71.0 Å². The molecule has 26 N–H and O–H groups in total. The largest absolute Gasteiger partial charge is 0.370 e. The number of amides is 6. The molecular weight excluding hydrogens is 851 g/mol. The molecule has 0 unspecified atom stereocenters. The Kier molecular flexibility index (Phi) is 28.9. The van der Waals surface area contributed by atoms with Gasteiger partial charge in [0, 0.05) is 45.6 Å². The number of nitrogens with one attached hydrogen (secondary N) is 16. The van der Waals surface area contributed by atoms with E-state index >= 15 is 0 Å². The van der Waals surface area contributed by atoms with Crippen molar-refractivity contribution in [3.8, 4) is 0 Å². The zero-order valence-corrected chi connectivity index (χ0v) is 37.5. The maximum absolute atomic E-state index is 14.2. The van der Waals surface area contributed by atoms with E-state index < -0.39 is 65.7 Å². The first-order valence-electron chi connectivity index (χ1n) is 21.2. The van der Waals surface area contributed by atoms with Crippen LogP contribution in [0, 0.1) is 33.0 Å². The van der Waals surface area contributed by atoms with E-state index in [1.54, 1.807) is 13.8 Å². The monoisotopic (exact) mass is 924 g/mol. The molecule has 0 aliphatic carbocycles. The van der Waals surface area contributed by atoms with E-state index in [-0.39, 0.29) is 139 Å². The van der Waals surface area contributed by atoms with E-state index in [1.165, 1.54) is 6.92 Å². The third-order valence-corrected chi connectivity index (χ3v) is 9.23. The van der Waals surface area contributed by atoms with Crippen molar-refractivity contribution in [2.75, 3.05) is 39.3 Å². The summed E-state index contributed by atoms with van der Waals surface area (Å²) >= 11 is 0. The van der Waals surface area contributed by atoms with Crippen molar-refractivity contribution in [3.05, 3.63) is 0 Å². The Hall–Kier alpha value is -7.16. The molecule has 0 aromatic carbocycles. The molecule has 0 saturated heterocycles. The zero-order chi connectivity index (χ0) is 49.5. The van der Waals surface area contributed by atoms with Gasteiger partial charge in [-0.15, -0.1) is 0 Å². The number of hydrogen-bond donors (Lipinski definition) is 21. The van der Waals surface area contributed by atoms with Crippen LogP contribution in [0.1, 0.15) is 85.0 Å². The fourth-order valence-electron chi connectivity index (χ4n) is 5.83. The molecule has 0 aromatic rings. The topological polar surface area (TPSA) is 501 Å². The average molecular weight is 924 g/mol. The van der Waals surface area contributed by atoms with Crippen LogP contribution >= 0.6 is 0 Å². The molecule has 0 saturated carbocycles. The summed E-state index contributed by atoms with van der Waals surface area (Å²) in [5.74, 6) is -6.62. The summed E-state index contributed by atoms with van der Waals surface area (Å²) in [5.41, 5.74) is 27.0. The Morgan fingerprint density at radius 3 is 0.831 bits per heavy atom. The van der Waals surface area contributed by atoms with E-state index in [1.807, 2.05) is 0 Å². The van der Waals surface area contributed by atoms with Crippen LogP contribution in [0.15, 0.2) is 0 Å². The lowest BCUT2D eigenvalue weighted by atomic mass is 10.0. The molecule has 368 valence electrons. The lowest BCUT2D eigenvalue weighted by molar-refractivity contribution is -0.135. The fraction of sp³-hybridized carbons (Fsp3) is 0.676. The van der Waals surface area contributed by atoms with Crippen LogP contribution in [0.5, 0.6) is 0 Å². The highest BCUT2D eigenvalue weighted by Crippen LogP contribution is 2.08. The summed E-state index contributed by atoms with van der Waals surface area (Å²) in [6.45, 7) is 5.00. The van der Waals surface area contributed by atoms with Gasteiger partial charge >= 0.3 is 0 Å². The summed E-state index contributed by atoms with van der Waals surface area (Å²) in [5, 5.41) is 65.9. The van der Waals surface area contributed by atoms with Crippen molar-refractivity contribution in [1.82, 2.24) is 58.5 Å². The maximum Gasteiger partial charge on any atom is 0.243 e. The minimum absolute atomic E-state index is 0.0287. The van der Waals surface area contributed by atoms with Crippen molar-refractivity contribution in [3.63, 3.8) is 0 Å². The minimum atomic E-state index is -1.36. The molecular formula is C37H73N21O7. The summed E-state index contributed by atoms with van der Waals surface area (Å²) in [7, 11) is 0. The highest BCUT2D eigenvalue weighted by molar-refractivity contribution is 5.97. The second-order valence-corrected chi connectivity index (χ2v) is 15.3. The quantitative estimate of drug-likeness (QED) is 0.0166. The molecule has 0 heterocycles. The van der Waals surface area contributed by atoms with Gasteiger partial charge < -0.3 is 87.2 Å². The molecule has 0 spiro atoms. The smallest absolute Gasteiger partial charge is 0.243 e. The van der Waals surface area contributed by atoms with Crippen LogP contribution < -0.4 is 87.2 Å². The molecule has 0 aromatic heterocycles. The van der Waals surface area contributed by atoms with Crippen molar-refractivity contribution < 1.29 is 33.6 Å². The molecule has 28 nitrogen and oxygen atoms in total. The number of hydrogen-bond acceptors (Lipinski definition) is 12. The summed E-state index contributed by atoms with van der Waals surface area (Å²) in [4.78, 5) is 93.5. The van der Waals surface area contributed by atoms with Gasteiger partial charge in [0.25, 0.3) is 0 Å². The molecule has 5 atom stereocenters. The van der Waals surface area contributed by atoms with E-state index in [0.717, 1.165) is 0 Å². The highest BCUT2D eigenvalue weighted by atomic mass is 16.2. The third kappa shape index (κ3) is 29.0. The van der Waals surface area contributed by atoms with Crippen molar-refractivity contribution in [1.29, 1.82) is 27.0 Å². The second kappa shape index (κ2) is 32.5. The normalized spacial score (nSPS) is 12.9. The number of Topliss-reactive ketones (excluding diaryl/α,β-unsaturated/α-hetero) is 1. The second-order valence-electron chi connectivity index (χ2n) is 15.3. The number of nitrogens with two attached hydrogens (primary N) is 5. The van der Waals surface area contributed by atoms with E-state index in [4.69, 9.17) is 55.7 Å². The molecule has 0 fully saturated rings. The van der Waals surface area contributed by atoms with Gasteiger partial charge in [-0.3, -0.25) is 60.6 Å². The van der Waals surface area contributed by atoms with Gasteiger partial charge in [-0.05, 0) is 64.2 Å². The van der Waals surface area contributed by atoms with Crippen LogP contribution in [0.25, 0.3) is 0 Å². The predicted molar refractivity (Wildman–Crippen MR) is 244 cm³/mol. The molecule has 0 radical (unpaired) electrons. The van der Waals surface area contributed by atoms with E-state index in [0.29, 0.717) is 6.42 Å². The predicted octanol–water partition coefficient (Wildman–Crippen LogP) is -5.91. The number of carbonyl (C=O) groups is 7. The van der Waals surface area contributed by atoms with Gasteiger partial charge in [0.15, 0.2) is 35.6 Å². The third-order valence-electron chi connectivity index (χ3n) is 9.23. The van der Waals surface area contributed by atoms with E-state index in [9.17, 15) is 33.6 Å². The molecule has 0 rings (SSSR count). The Morgan fingerprint density at radius 2 is 0.615 bits per heavy atom. The van der Waals surface area contributed by atoms with Gasteiger partial charge in [-0.25, -0.2) is 0 Å². The lowest BCUT2D eigenvalue weighted by Crippen LogP contribution is -2.59. The Bertz CT molecular complexity index is 1640. The standard InChI is InChI=1S/C37H73N21O7/c1-20(2)27(60)19-53-28(61)22(9-4-14-48-33(38)39)55-30(63)24(11-6-16-50-35(42)43)57-32(65)26(13-8-18-52-37(46)47)58-31(64)25(12-7-17-51-36(44)45)56-29(62)23(54-21(3)59)10-5-15-49-34(40)41/h20,22-26H,4-19H2,1-3H3,(H,53,61)(H,54,59)(H,55,63)(H,56,62)(H,57,65)(H,58,64)(H4,38,39,48)(H4,40,41,49)(H4,42,43,50)(H4,44,45,51)(H4,46,47,52)/t22-,23-,24-,25-,26-/m0/s1. The molecule has 28 heteroatoms. The van der Waals surface area contributed by atoms with Crippen LogP contribution in [0.3, 0.4) is 0 Å². The highest BCUT2D eigenvalue weighted by Gasteiger charge is 2.32. The zero-order valence-electron chi connectivity index (χ0n) is 37.5. The van der Waals surface area contributed by atoms with E-state index in [2.05, 4.69) is 58.5 Å². The first-order chi connectivity index (χ1) is 30.5. The van der Waals surface area contributed by atoms with Crippen molar-refractivity contribution in [2.24, 2.45) is 34.6 Å². The average Bonchev–Trinajstić information content (AvgIpc) is 3.21. The number of guanidine groups is 5. The molecule has 0 aliphatic rings. The van der Waals surface area contributed by atoms with Crippen LogP contribution in [-0.2, 0) is 33.6 Å². The number of rotatable bonds is 33. The van der Waals surface area contributed by atoms with Crippen LogP contribution in [-0.4, -0.2) is 141 Å². The summed E-state index contributed by atoms with van der Waals surface area (Å²) in [6, 6.07) is -6.30. The maximum atomic E-state index is 14.2. The molecule has 0 aliphatic heterocycles. The fourth-order valence-corrected chi connectivity index (χ4v) is 5.83. The Morgan fingerprint density at radius 1 is 0.385 bits per heavy atom. The molecule has 0 bridgehead atoms. The lowest BCUT2D eigenvalue weighted by Gasteiger charge is -2.27. The summed E-state index contributed by atoms with van der Waals surface area (Å²) in [6.07, 6.45) is 1.09. The van der Waals surface area contributed by atoms with Gasteiger partial charge in [0.05, 0.1) is 6.54 Å². The van der Waals surface area contributed by atoms with Gasteiger partial charge in [0.2, 0.25) is 35.4 Å². The van der Waals surface area contributed by atoms with Crippen LogP contribution in [0.2, 0.25) is 0 Å². The minimum Gasteiger partial charge on any atom is -0.370 e. The van der Waals surface area contributed by atoms with Gasteiger partial charge in [-0.1, -0.05) is 13.8 Å². The Labute approximate surface area is 378 Å². The SMILES string of the molecule is CC(=O)N[C@@H](CCCNC(=N)N)C(=O)N[C@@H](CCCNC(=N)N)C(=O)N[C@@H](CCCNC(=N)N)C(=O)N[C@@H](CCCNC(=N)N)C(=O)N[C@@H](CCCNC(=N)N)C(=O)NCC(=O)C(C)C. The molecule has 65 heavy (non-hydrogen) atoms. The van der Waals surface area contributed by atoms with Gasteiger partial charge in [-0.2, -0.15) is 0 Å². The summed E-state index contributed by atoms with van der Waals surface area (Å²) < 4.78 is 0. The van der Waals surface area contributed by atoms with Crippen LogP contribution in [0.4, 0.5) is 0 Å². The number of carbonyl (C=O) groups excluding carboxylic acids is 7. The Balaban J connectivity index is 6.72.